The van der Waals surface area contributed by atoms with Gasteiger partial charge in [0.25, 0.3) is 0 Å². The van der Waals surface area contributed by atoms with Crippen LogP contribution in [-0.2, 0) is 11.3 Å². The Morgan fingerprint density at radius 1 is 1.11 bits per heavy atom. The van der Waals surface area contributed by atoms with Gasteiger partial charge in [-0.1, -0.05) is 50.1 Å². The van der Waals surface area contributed by atoms with E-state index in [1.54, 1.807) is 0 Å². The summed E-state index contributed by atoms with van der Waals surface area (Å²) >= 11 is 0. The van der Waals surface area contributed by atoms with Crippen LogP contribution in [0.25, 0.3) is 0 Å². The summed E-state index contributed by atoms with van der Waals surface area (Å²) in [5.41, 5.74) is 1.28. The minimum absolute atomic E-state index is 0.0725. The highest BCUT2D eigenvalue weighted by Crippen LogP contribution is 2.23. The molecule has 6 nitrogen and oxygen atoms in total. The van der Waals surface area contributed by atoms with Crippen molar-refractivity contribution in [2.24, 2.45) is 5.92 Å². The highest BCUT2D eigenvalue weighted by Gasteiger charge is 2.23. The van der Waals surface area contributed by atoms with Gasteiger partial charge in [0.05, 0.1) is 18.5 Å². The molecule has 1 N–H and O–H groups in total. The van der Waals surface area contributed by atoms with Crippen LogP contribution in [0.5, 0.6) is 0 Å². The van der Waals surface area contributed by atoms with Crippen molar-refractivity contribution in [2.75, 3.05) is 19.6 Å². The molecule has 1 aromatic carbocycles. The molecule has 0 bridgehead atoms. The van der Waals surface area contributed by atoms with E-state index in [0.29, 0.717) is 13.1 Å². The molecule has 0 radical (unpaired) electrons. The van der Waals surface area contributed by atoms with E-state index in [1.807, 2.05) is 31.5 Å². The molecule has 0 saturated carbocycles. The van der Waals surface area contributed by atoms with Gasteiger partial charge in [-0.2, -0.15) is 5.10 Å². The number of rotatable bonds is 7. The van der Waals surface area contributed by atoms with Crippen LogP contribution in [0.3, 0.4) is 0 Å². The molecular formula is C22H33N5O. The smallest absolute Gasteiger partial charge is 0.224 e. The van der Waals surface area contributed by atoms with Gasteiger partial charge in [-0.3, -0.25) is 9.69 Å². The van der Waals surface area contributed by atoms with E-state index in [9.17, 15) is 4.79 Å². The fourth-order valence-electron chi connectivity index (χ4n) is 3.99. The van der Waals surface area contributed by atoms with Gasteiger partial charge in [0.1, 0.15) is 11.6 Å². The molecule has 1 aliphatic rings. The first-order valence-electron chi connectivity index (χ1n) is 10.5. The SMILES string of the molecule is Cc1nc(C)n(C[C@@H](C)C(=O)NC[C@H](c2ccccc2)N2CCCCCC2)n1. The molecule has 1 aliphatic heterocycles. The summed E-state index contributed by atoms with van der Waals surface area (Å²) in [6.45, 7) is 9.15. The van der Waals surface area contributed by atoms with E-state index in [1.165, 1.54) is 31.2 Å². The second-order valence-corrected chi connectivity index (χ2v) is 7.91. The number of nitrogens with zero attached hydrogens (tertiary/aromatic N) is 4. The Balaban J connectivity index is 1.63. The van der Waals surface area contributed by atoms with E-state index in [2.05, 4.69) is 44.6 Å². The van der Waals surface area contributed by atoms with Crippen molar-refractivity contribution in [3.05, 3.63) is 47.5 Å². The lowest BCUT2D eigenvalue weighted by Gasteiger charge is -2.31. The Morgan fingerprint density at radius 2 is 1.79 bits per heavy atom. The van der Waals surface area contributed by atoms with E-state index in [4.69, 9.17) is 0 Å². The van der Waals surface area contributed by atoms with Crippen molar-refractivity contribution in [1.82, 2.24) is 25.0 Å². The molecule has 28 heavy (non-hydrogen) atoms. The van der Waals surface area contributed by atoms with Crippen LogP contribution in [0.1, 0.15) is 55.9 Å². The summed E-state index contributed by atoms with van der Waals surface area (Å²) < 4.78 is 1.82. The highest BCUT2D eigenvalue weighted by atomic mass is 16.1. The molecule has 152 valence electrons. The van der Waals surface area contributed by atoms with Crippen molar-refractivity contribution >= 4 is 5.91 Å². The molecule has 1 fully saturated rings. The third-order valence-corrected chi connectivity index (χ3v) is 5.59. The Morgan fingerprint density at radius 3 is 2.39 bits per heavy atom. The summed E-state index contributed by atoms with van der Waals surface area (Å²) in [4.78, 5) is 19.6. The molecule has 0 aliphatic carbocycles. The molecule has 2 atom stereocenters. The zero-order valence-electron chi connectivity index (χ0n) is 17.4. The summed E-state index contributed by atoms with van der Waals surface area (Å²) in [6.07, 6.45) is 5.08. The quantitative estimate of drug-likeness (QED) is 0.797. The predicted molar refractivity (Wildman–Crippen MR) is 111 cm³/mol. The standard InChI is InChI=1S/C22H33N5O/c1-17(16-27-19(3)24-18(2)25-27)22(28)23-15-21(20-11-7-6-8-12-20)26-13-9-4-5-10-14-26/h6-8,11-12,17,21H,4-5,9-10,13-16H2,1-3H3,(H,23,28)/t17-,21-/m1/s1. The van der Waals surface area contributed by atoms with Crippen LogP contribution in [0.2, 0.25) is 0 Å². The maximum atomic E-state index is 12.8. The van der Waals surface area contributed by atoms with E-state index < -0.39 is 0 Å². The van der Waals surface area contributed by atoms with Crippen LogP contribution in [0, 0.1) is 19.8 Å². The third-order valence-electron chi connectivity index (χ3n) is 5.59. The number of carbonyl (C=O) groups excluding carboxylic acids is 1. The zero-order chi connectivity index (χ0) is 19.9. The summed E-state index contributed by atoms with van der Waals surface area (Å²) in [5, 5.41) is 7.58. The third kappa shape index (κ3) is 5.41. The Hall–Kier alpha value is -2.21. The maximum absolute atomic E-state index is 12.8. The first-order valence-corrected chi connectivity index (χ1v) is 10.5. The Labute approximate surface area is 168 Å². The van der Waals surface area contributed by atoms with Crippen LogP contribution >= 0.6 is 0 Å². The number of benzene rings is 1. The maximum Gasteiger partial charge on any atom is 0.224 e. The molecule has 1 saturated heterocycles. The van der Waals surface area contributed by atoms with E-state index in [0.717, 1.165) is 24.7 Å². The summed E-state index contributed by atoms with van der Waals surface area (Å²) in [6, 6.07) is 10.8. The normalized spacial score (nSPS) is 17.7. The lowest BCUT2D eigenvalue weighted by Crippen LogP contribution is -2.41. The number of hydrogen-bond donors (Lipinski definition) is 1. The van der Waals surface area contributed by atoms with Gasteiger partial charge in [0.15, 0.2) is 0 Å². The largest absolute Gasteiger partial charge is 0.354 e. The molecule has 3 rings (SSSR count). The van der Waals surface area contributed by atoms with Crippen molar-refractivity contribution < 1.29 is 4.79 Å². The van der Waals surface area contributed by atoms with E-state index in [-0.39, 0.29) is 17.9 Å². The fourth-order valence-corrected chi connectivity index (χ4v) is 3.99. The Bertz CT molecular complexity index is 750. The lowest BCUT2D eigenvalue weighted by atomic mass is 10.0. The molecule has 2 aromatic rings. The number of amides is 1. The van der Waals surface area contributed by atoms with Crippen molar-refractivity contribution in [3.8, 4) is 0 Å². The van der Waals surface area contributed by atoms with Gasteiger partial charge in [0, 0.05) is 6.54 Å². The second kappa shape index (κ2) is 9.82. The highest BCUT2D eigenvalue weighted by molar-refractivity contribution is 5.78. The first-order chi connectivity index (χ1) is 13.5. The van der Waals surface area contributed by atoms with Crippen molar-refractivity contribution in [2.45, 2.75) is 59.0 Å². The molecule has 1 amide bonds. The second-order valence-electron chi connectivity index (χ2n) is 7.91. The van der Waals surface area contributed by atoms with Crippen LogP contribution in [0.4, 0.5) is 0 Å². The monoisotopic (exact) mass is 383 g/mol. The zero-order valence-corrected chi connectivity index (χ0v) is 17.4. The number of aryl methyl sites for hydroxylation is 2. The topological polar surface area (TPSA) is 63.1 Å². The minimum atomic E-state index is -0.152. The summed E-state index contributed by atoms with van der Waals surface area (Å²) in [7, 11) is 0. The molecule has 1 aromatic heterocycles. The molecule has 6 heteroatoms. The molecule has 2 heterocycles. The van der Waals surface area contributed by atoms with Crippen molar-refractivity contribution in [1.29, 1.82) is 0 Å². The fraction of sp³-hybridized carbons (Fsp3) is 0.591. The number of aromatic nitrogens is 3. The number of carbonyl (C=O) groups is 1. The number of hydrogen-bond acceptors (Lipinski definition) is 4. The van der Waals surface area contributed by atoms with Gasteiger partial charge in [0.2, 0.25) is 5.91 Å². The lowest BCUT2D eigenvalue weighted by molar-refractivity contribution is -0.125. The van der Waals surface area contributed by atoms with Gasteiger partial charge < -0.3 is 5.32 Å². The molecular weight excluding hydrogens is 350 g/mol. The number of likely N-dealkylation sites (tertiary alicyclic amines) is 1. The van der Waals surface area contributed by atoms with Crippen LogP contribution < -0.4 is 5.32 Å². The molecule has 0 spiro atoms. The molecule has 0 unspecified atom stereocenters. The average molecular weight is 384 g/mol. The van der Waals surface area contributed by atoms with Gasteiger partial charge in [-0.05, 0) is 45.3 Å². The average Bonchev–Trinajstić information content (AvgIpc) is 2.88. The predicted octanol–water partition coefficient (Wildman–Crippen LogP) is 3.26. The number of nitrogens with one attached hydrogen (secondary N) is 1. The van der Waals surface area contributed by atoms with Crippen molar-refractivity contribution in [3.63, 3.8) is 0 Å². The van der Waals surface area contributed by atoms with Gasteiger partial charge >= 0.3 is 0 Å². The Kier molecular flexibility index (Phi) is 7.20. The first kappa shape index (κ1) is 20.5. The van der Waals surface area contributed by atoms with Gasteiger partial charge in [-0.25, -0.2) is 9.67 Å². The van der Waals surface area contributed by atoms with Gasteiger partial charge in [-0.15, -0.1) is 0 Å². The van der Waals surface area contributed by atoms with Crippen LogP contribution in [-0.4, -0.2) is 45.2 Å². The van der Waals surface area contributed by atoms with Crippen LogP contribution in [0.15, 0.2) is 30.3 Å². The summed E-state index contributed by atoms with van der Waals surface area (Å²) in [5.74, 6) is 1.52. The van der Waals surface area contributed by atoms with E-state index >= 15 is 0 Å². The minimum Gasteiger partial charge on any atom is -0.354 e.